The molecule has 1 aliphatic heterocycles. The number of carbonyl (C=O) groups excluding carboxylic acids is 1. The number of anilines is 1. The molecule has 1 fully saturated rings. The maximum atomic E-state index is 13.0. The van der Waals surface area contributed by atoms with Crippen LogP contribution in [0.5, 0.6) is 5.75 Å². The highest BCUT2D eigenvalue weighted by Crippen LogP contribution is 2.32. The van der Waals surface area contributed by atoms with Crippen LogP contribution in [-0.4, -0.2) is 36.3 Å². The van der Waals surface area contributed by atoms with Crippen LogP contribution in [0.3, 0.4) is 0 Å². The number of hydrogen-bond donors (Lipinski definition) is 2. The molecule has 1 amide bonds. The zero-order valence-electron chi connectivity index (χ0n) is 21.0. The van der Waals surface area contributed by atoms with Crippen molar-refractivity contribution in [2.75, 3.05) is 25.1 Å². The van der Waals surface area contributed by atoms with Gasteiger partial charge >= 0.3 is 0 Å². The summed E-state index contributed by atoms with van der Waals surface area (Å²) in [5.41, 5.74) is 6.23. The highest BCUT2D eigenvalue weighted by atomic mass is 16.5. The standard InChI is InChI=1S/C28H37N3O3/c1-18(2)15-29-16-26-19(3)24-12-13-25(20(4)27(24)31(26)5)30-28(32)21-8-10-22(11-9-21)34-17-23-7-6-14-33-23/h8-13,18,23,29H,6-7,14-17H2,1-5H3,(H,30,32)/t23-/m0/s1. The van der Waals surface area contributed by atoms with Crippen molar-refractivity contribution in [1.82, 2.24) is 9.88 Å². The molecule has 182 valence electrons. The number of nitrogens with one attached hydrogen (secondary N) is 2. The van der Waals surface area contributed by atoms with E-state index in [4.69, 9.17) is 9.47 Å². The minimum absolute atomic E-state index is 0.127. The van der Waals surface area contributed by atoms with Crippen molar-refractivity contribution in [2.24, 2.45) is 13.0 Å². The van der Waals surface area contributed by atoms with E-state index >= 15 is 0 Å². The molecule has 4 rings (SSSR count). The second-order valence-corrected chi connectivity index (χ2v) is 9.71. The second kappa shape index (κ2) is 10.6. The quantitative estimate of drug-likeness (QED) is 0.449. The van der Waals surface area contributed by atoms with Crippen molar-refractivity contribution in [3.63, 3.8) is 0 Å². The zero-order valence-corrected chi connectivity index (χ0v) is 21.0. The van der Waals surface area contributed by atoms with Crippen molar-refractivity contribution < 1.29 is 14.3 Å². The maximum absolute atomic E-state index is 13.0. The lowest BCUT2D eigenvalue weighted by Gasteiger charge is -2.13. The predicted octanol–water partition coefficient (Wildman–Crippen LogP) is 5.35. The van der Waals surface area contributed by atoms with Crippen molar-refractivity contribution in [1.29, 1.82) is 0 Å². The van der Waals surface area contributed by atoms with E-state index in [1.165, 1.54) is 16.6 Å². The molecule has 2 aromatic carbocycles. The molecule has 6 heteroatoms. The van der Waals surface area contributed by atoms with Crippen LogP contribution in [-0.2, 0) is 18.3 Å². The smallest absolute Gasteiger partial charge is 0.255 e. The lowest BCUT2D eigenvalue weighted by molar-refractivity contribution is 0.0679. The van der Waals surface area contributed by atoms with E-state index in [1.807, 2.05) is 18.2 Å². The van der Waals surface area contributed by atoms with Crippen LogP contribution in [0.25, 0.3) is 10.9 Å². The highest BCUT2D eigenvalue weighted by molar-refractivity contribution is 6.06. The summed E-state index contributed by atoms with van der Waals surface area (Å²) in [5, 5.41) is 7.88. The predicted molar refractivity (Wildman–Crippen MR) is 138 cm³/mol. The molecule has 2 N–H and O–H groups in total. The van der Waals surface area contributed by atoms with E-state index in [-0.39, 0.29) is 12.0 Å². The molecule has 0 radical (unpaired) electrons. The van der Waals surface area contributed by atoms with Gasteiger partial charge in [0.1, 0.15) is 12.4 Å². The Morgan fingerprint density at radius 2 is 1.91 bits per heavy atom. The minimum Gasteiger partial charge on any atom is -0.491 e. The molecule has 0 bridgehead atoms. The van der Waals surface area contributed by atoms with Gasteiger partial charge in [0, 0.05) is 42.5 Å². The summed E-state index contributed by atoms with van der Waals surface area (Å²) in [6, 6.07) is 11.4. The number of fused-ring (bicyclic) bond motifs is 1. The van der Waals surface area contributed by atoms with Crippen LogP contribution < -0.4 is 15.4 Å². The minimum atomic E-state index is -0.127. The van der Waals surface area contributed by atoms with Gasteiger partial charge in [-0.2, -0.15) is 0 Å². The summed E-state index contributed by atoms with van der Waals surface area (Å²) >= 11 is 0. The van der Waals surface area contributed by atoms with E-state index in [2.05, 4.69) is 56.0 Å². The first-order chi connectivity index (χ1) is 16.3. The first-order valence-corrected chi connectivity index (χ1v) is 12.3. The monoisotopic (exact) mass is 463 g/mol. The van der Waals surface area contributed by atoms with Crippen LogP contribution in [0, 0.1) is 19.8 Å². The fourth-order valence-corrected chi connectivity index (χ4v) is 4.70. The summed E-state index contributed by atoms with van der Waals surface area (Å²) in [7, 11) is 2.11. The third kappa shape index (κ3) is 5.29. The average Bonchev–Trinajstić information content (AvgIpc) is 3.42. The Kier molecular flexibility index (Phi) is 7.59. The molecule has 34 heavy (non-hydrogen) atoms. The van der Waals surface area contributed by atoms with Gasteiger partial charge in [-0.1, -0.05) is 19.9 Å². The second-order valence-electron chi connectivity index (χ2n) is 9.71. The van der Waals surface area contributed by atoms with Gasteiger partial charge in [-0.25, -0.2) is 0 Å². The molecule has 2 heterocycles. The number of nitrogens with zero attached hydrogens (tertiary/aromatic N) is 1. The summed E-state index contributed by atoms with van der Waals surface area (Å²) < 4.78 is 13.7. The van der Waals surface area contributed by atoms with E-state index in [9.17, 15) is 4.79 Å². The third-order valence-corrected chi connectivity index (χ3v) is 6.68. The Hall–Kier alpha value is -2.83. The van der Waals surface area contributed by atoms with Gasteiger partial charge < -0.3 is 24.7 Å². The summed E-state index contributed by atoms with van der Waals surface area (Å²) in [5.74, 6) is 1.24. The van der Waals surface area contributed by atoms with Crippen molar-refractivity contribution in [2.45, 2.75) is 53.2 Å². The number of aromatic nitrogens is 1. The van der Waals surface area contributed by atoms with E-state index in [0.29, 0.717) is 18.1 Å². The molecular formula is C28H37N3O3. The van der Waals surface area contributed by atoms with E-state index < -0.39 is 0 Å². The molecule has 1 saturated heterocycles. The molecule has 0 aliphatic carbocycles. The van der Waals surface area contributed by atoms with Gasteiger partial charge in [0.2, 0.25) is 0 Å². The van der Waals surface area contributed by atoms with Crippen LogP contribution >= 0.6 is 0 Å². The number of benzene rings is 2. The van der Waals surface area contributed by atoms with Crippen LogP contribution in [0.1, 0.15) is 53.9 Å². The number of rotatable bonds is 9. The Labute approximate surface area is 202 Å². The topological polar surface area (TPSA) is 64.5 Å². The van der Waals surface area contributed by atoms with Crippen LogP contribution in [0.15, 0.2) is 36.4 Å². The zero-order chi connectivity index (χ0) is 24.2. The van der Waals surface area contributed by atoms with Gasteiger partial charge in [0.15, 0.2) is 0 Å². The fraction of sp³-hybridized carbons (Fsp3) is 0.464. The lowest BCUT2D eigenvalue weighted by atomic mass is 10.1. The molecular weight excluding hydrogens is 426 g/mol. The number of hydrogen-bond acceptors (Lipinski definition) is 4. The molecule has 1 aromatic heterocycles. The molecule has 3 aromatic rings. The summed E-state index contributed by atoms with van der Waals surface area (Å²) in [6.07, 6.45) is 2.31. The summed E-state index contributed by atoms with van der Waals surface area (Å²) in [4.78, 5) is 13.0. The lowest BCUT2D eigenvalue weighted by Crippen LogP contribution is -2.20. The number of ether oxygens (including phenoxy) is 2. The number of carbonyl (C=O) groups is 1. The fourth-order valence-electron chi connectivity index (χ4n) is 4.70. The maximum Gasteiger partial charge on any atom is 0.255 e. The van der Waals surface area contributed by atoms with Gasteiger partial charge in [-0.05, 0) is 80.6 Å². The number of aryl methyl sites for hydroxylation is 3. The van der Waals surface area contributed by atoms with E-state index in [1.54, 1.807) is 12.1 Å². The van der Waals surface area contributed by atoms with Gasteiger partial charge in [0.25, 0.3) is 5.91 Å². The van der Waals surface area contributed by atoms with Crippen molar-refractivity contribution in [3.8, 4) is 5.75 Å². The van der Waals surface area contributed by atoms with Crippen molar-refractivity contribution >= 4 is 22.5 Å². The molecule has 0 saturated carbocycles. The molecule has 6 nitrogen and oxygen atoms in total. The Morgan fingerprint density at radius 3 is 2.59 bits per heavy atom. The Balaban J connectivity index is 1.46. The average molecular weight is 464 g/mol. The highest BCUT2D eigenvalue weighted by Gasteiger charge is 2.18. The van der Waals surface area contributed by atoms with Gasteiger partial charge in [0.05, 0.1) is 11.6 Å². The Bertz CT molecular complexity index is 1140. The summed E-state index contributed by atoms with van der Waals surface area (Å²) in [6.45, 7) is 11.9. The van der Waals surface area contributed by atoms with Gasteiger partial charge in [-0.15, -0.1) is 0 Å². The normalized spacial score (nSPS) is 15.9. The molecule has 1 atom stereocenters. The Morgan fingerprint density at radius 1 is 1.15 bits per heavy atom. The van der Waals surface area contributed by atoms with Crippen LogP contribution in [0.4, 0.5) is 5.69 Å². The largest absolute Gasteiger partial charge is 0.491 e. The van der Waals surface area contributed by atoms with E-state index in [0.717, 1.165) is 55.1 Å². The molecule has 1 aliphatic rings. The first kappa shape index (κ1) is 24.3. The third-order valence-electron chi connectivity index (χ3n) is 6.68. The van der Waals surface area contributed by atoms with Crippen molar-refractivity contribution in [3.05, 3.63) is 58.8 Å². The van der Waals surface area contributed by atoms with Crippen LogP contribution in [0.2, 0.25) is 0 Å². The number of amides is 1. The SMILES string of the molecule is Cc1c(CNCC(C)C)n(C)c2c(C)c(NC(=O)c3ccc(OC[C@@H]4CCCO4)cc3)ccc12. The van der Waals surface area contributed by atoms with Gasteiger partial charge in [-0.3, -0.25) is 4.79 Å². The molecule has 0 unspecified atom stereocenters. The molecule has 0 spiro atoms. The first-order valence-electron chi connectivity index (χ1n) is 12.3.